The van der Waals surface area contributed by atoms with Crippen molar-refractivity contribution in [3.63, 3.8) is 0 Å². The van der Waals surface area contributed by atoms with Crippen LogP contribution in [-0.2, 0) is 10.0 Å². The van der Waals surface area contributed by atoms with Gasteiger partial charge >= 0.3 is 0 Å². The first kappa shape index (κ1) is 20.1. The minimum Gasteiger partial charge on any atom is -0.339 e. The summed E-state index contributed by atoms with van der Waals surface area (Å²) in [6.07, 6.45) is 2.98. The van der Waals surface area contributed by atoms with Gasteiger partial charge in [0.2, 0.25) is 0 Å². The molecular weight excluding hydrogens is 432 g/mol. The molecule has 1 amide bonds. The Kier molecular flexibility index (Phi) is 5.46. The van der Waals surface area contributed by atoms with E-state index in [4.69, 9.17) is 11.6 Å². The van der Waals surface area contributed by atoms with Gasteiger partial charge in [-0.15, -0.1) is 0 Å². The van der Waals surface area contributed by atoms with E-state index in [1.807, 2.05) is 0 Å². The van der Waals surface area contributed by atoms with Crippen molar-refractivity contribution in [1.82, 2.24) is 13.6 Å². The van der Waals surface area contributed by atoms with Crippen LogP contribution in [0.1, 0.15) is 35.2 Å². The van der Waals surface area contributed by atoms with Crippen LogP contribution in [0.15, 0.2) is 35.2 Å². The molecule has 0 spiro atoms. The van der Waals surface area contributed by atoms with Crippen molar-refractivity contribution in [3.8, 4) is 0 Å². The van der Waals surface area contributed by atoms with Crippen LogP contribution in [0.3, 0.4) is 0 Å². The van der Waals surface area contributed by atoms with Gasteiger partial charge in [-0.25, -0.2) is 8.42 Å². The lowest BCUT2D eigenvalue weighted by atomic mass is 10.1. The van der Waals surface area contributed by atoms with Crippen LogP contribution in [0.25, 0.3) is 11.0 Å². The van der Waals surface area contributed by atoms with Gasteiger partial charge in [-0.3, -0.25) is 9.52 Å². The number of likely N-dealkylation sites (tertiary alicyclic amines) is 1. The van der Waals surface area contributed by atoms with E-state index in [9.17, 15) is 13.2 Å². The maximum Gasteiger partial charge on any atom is 0.264 e. The van der Waals surface area contributed by atoms with E-state index in [1.54, 1.807) is 36.1 Å². The number of rotatable bonds is 4. The Labute approximate surface area is 178 Å². The summed E-state index contributed by atoms with van der Waals surface area (Å²) in [5.41, 5.74) is 1.81. The van der Waals surface area contributed by atoms with Gasteiger partial charge in [0.25, 0.3) is 15.9 Å². The Hall–Kier alpha value is -2.23. The minimum absolute atomic E-state index is 0.0556. The Bertz CT molecular complexity index is 1190. The van der Waals surface area contributed by atoms with Gasteiger partial charge < -0.3 is 4.90 Å². The summed E-state index contributed by atoms with van der Waals surface area (Å²) in [6, 6.07) is 8.04. The van der Waals surface area contributed by atoms with E-state index in [0.29, 0.717) is 34.7 Å². The topological polar surface area (TPSA) is 92.3 Å². The molecule has 1 aliphatic heterocycles. The normalized spacial score (nSPS) is 14.9. The van der Waals surface area contributed by atoms with Crippen LogP contribution < -0.4 is 4.72 Å². The van der Waals surface area contributed by atoms with E-state index in [-0.39, 0.29) is 22.1 Å². The zero-order valence-corrected chi connectivity index (χ0v) is 18.1. The van der Waals surface area contributed by atoms with Crippen LogP contribution in [0.5, 0.6) is 0 Å². The summed E-state index contributed by atoms with van der Waals surface area (Å²) in [6.45, 7) is 3.03. The molecular formula is C19H19ClN4O3S2. The molecule has 0 aliphatic carbocycles. The summed E-state index contributed by atoms with van der Waals surface area (Å²) < 4.78 is 37.3. The highest BCUT2D eigenvalue weighted by molar-refractivity contribution is 7.93. The van der Waals surface area contributed by atoms with Gasteiger partial charge in [0.05, 0.1) is 23.0 Å². The summed E-state index contributed by atoms with van der Waals surface area (Å²) in [7, 11) is -4.02. The number of anilines is 1. The number of hydrogen-bond acceptors (Lipinski definition) is 6. The molecule has 1 aromatic heterocycles. The van der Waals surface area contributed by atoms with E-state index < -0.39 is 10.0 Å². The third-order valence-corrected chi connectivity index (χ3v) is 7.27. The molecule has 0 atom stereocenters. The summed E-state index contributed by atoms with van der Waals surface area (Å²) in [5.74, 6) is -0.204. The third kappa shape index (κ3) is 3.94. The molecule has 7 nitrogen and oxygen atoms in total. The minimum atomic E-state index is -4.02. The van der Waals surface area contributed by atoms with Crippen LogP contribution in [0.2, 0.25) is 5.02 Å². The van der Waals surface area contributed by atoms with Crippen molar-refractivity contribution in [2.24, 2.45) is 0 Å². The van der Waals surface area contributed by atoms with Crippen LogP contribution in [-0.4, -0.2) is 41.1 Å². The second-order valence-corrected chi connectivity index (χ2v) is 9.58. The smallest absolute Gasteiger partial charge is 0.264 e. The molecule has 29 heavy (non-hydrogen) atoms. The van der Waals surface area contributed by atoms with Crippen molar-refractivity contribution >= 4 is 56.0 Å². The van der Waals surface area contributed by atoms with Gasteiger partial charge in [0.15, 0.2) is 0 Å². The van der Waals surface area contributed by atoms with Gasteiger partial charge in [0, 0.05) is 18.1 Å². The monoisotopic (exact) mass is 450 g/mol. The number of amides is 1. The number of nitrogens with zero attached hydrogens (tertiary/aromatic N) is 3. The molecule has 2 aromatic carbocycles. The SMILES string of the molecule is Cc1ccc2nsnc2c1S(=O)(=O)Nc1cc(Cl)ccc1C(=O)N1CCCCC1. The van der Waals surface area contributed by atoms with Crippen molar-refractivity contribution in [1.29, 1.82) is 0 Å². The fourth-order valence-electron chi connectivity index (χ4n) is 3.52. The molecule has 1 aliphatic rings. The molecule has 10 heteroatoms. The molecule has 1 fully saturated rings. The van der Waals surface area contributed by atoms with Crippen LogP contribution in [0, 0.1) is 6.92 Å². The van der Waals surface area contributed by atoms with E-state index >= 15 is 0 Å². The first-order valence-electron chi connectivity index (χ1n) is 9.20. The number of aryl methyl sites for hydroxylation is 1. The fourth-order valence-corrected chi connectivity index (χ4v) is 5.75. The van der Waals surface area contributed by atoms with Crippen LogP contribution >= 0.6 is 23.3 Å². The van der Waals surface area contributed by atoms with Gasteiger partial charge in [0.1, 0.15) is 15.9 Å². The largest absolute Gasteiger partial charge is 0.339 e. The third-order valence-electron chi connectivity index (χ3n) is 4.95. The highest BCUT2D eigenvalue weighted by Crippen LogP contribution is 2.30. The average molecular weight is 451 g/mol. The van der Waals surface area contributed by atoms with Crippen molar-refractivity contribution < 1.29 is 13.2 Å². The van der Waals surface area contributed by atoms with Gasteiger partial charge in [-0.05, 0) is 56.0 Å². The molecule has 4 rings (SSSR count). The number of halogens is 1. The van der Waals surface area contributed by atoms with Crippen LogP contribution in [0.4, 0.5) is 5.69 Å². The van der Waals surface area contributed by atoms with E-state index in [1.165, 1.54) is 6.07 Å². The van der Waals surface area contributed by atoms with E-state index in [2.05, 4.69) is 13.5 Å². The molecule has 0 unspecified atom stereocenters. The molecule has 3 aromatic rings. The maximum atomic E-state index is 13.3. The highest BCUT2D eigenvalue weighted by Gasteiger charge is 2.26. The lowest BCUT2D eigenvalue weighted by Crippen LogP contribution is -2.36. The number of nitrogens with one attached hydrogen (secondary N) is 1. The second kappa shape index (κ2) is 7.89. The van der Waals surface area contributed by atoms with Crippen molar-refractivity contribution in [2.45, 2.75) is 31.1 Å². The zero-order valence-electron chi connectivity index (χ0n) is 15.7. The lowest BCUT2D eigenvalue weighted by molar-refractivity contribution is 0.0725. The molecule has 0 radical (unpaired) electrons. The zero-order chi connectivity index (χ0) is 20.6. The maximum absolute atomic E-state index is 13.3. The first-order chi connectivity index (χ1) is 13.9. The summed E-state index contributed by atoms with van der Waals surface area (Å²) >= 11 is 7.06. The summed E-state index contributed by atoms with van der Waals surface area (Å²) in [4.78, 5) is 14.8. The number of hydrogen-bond donors (Lipinski definition) is 1. The Morgan fingerprint density at radius 3 is 2.66 bits per heavy atom. The number of sulfonamides is 1. The number of piperidine rings is 1. The molecule has 1 saturated heterocycles. The van der Waals surface area contributed by atoms with Crippen molar-refractivity contribution in [2.75, 3.05) is 17.8 Å². The predicted octanol–water partition coefficient (Wildman–Crippen LogP) is 4.08. The molecule has 0 saturated carbocycles. The second-order valence-electron chi connectivity index (χ2n) is 6.99. The molecule has 1 N–H and O–H groups in total. The Balaban J connectivity index is 1.75. The predicted molar refractivity (Wildman–Crippen MR) is 114 cm³/mol. The lowest BCUT2D eigenvalue weighted by Gasteiger charge is -2.27. The number of carbonyl (C=O) groups excluding carboxylic acids is 1. The molecule has 152 valence electrons. The van der Waals surface area contributed by atoms with E-state index in [0.717, 1.165) is 31.0 Å². The average Bonchev–Trinajstić information content (AvgIpc) is 3.16. The number of carbonyl (C=O) groups is 1. The van der Waals surface area contributed by atoms with Gasteiger partial charge in [-0.1, -0.05) is 17.7 Å². The quantitative estimate of drug-likeness (QED) is 0.646. The molecule has 0 bridgehead atoms. The standard InChI is InChI=1S/C19H19ClN4O3S2/c1-12-5-8-15-17(22-28-21-15)18(12)29(26,27)23-16-11-13(20)6-7-14(16)19(25)24-9-3-2-4-10-24/h5-8,11,23H,2-4,9-10H2,1H3. The van der Waals surface area contributed by atoms with Crippen molar-refractivity contribution in [3.05, 3.63) is 46.5 Å². The number of fused-ring (bicyclic) bond motifs is 1. The van der Waals surface area contributed by atoms with Gasteiger partial charge in [-0.2, -0.15) is 8.75 Å². The fraction of sp³-hybridized carbons (Fsp3) is 0.316. The Morgan fingerprint density at radius 2 is 1.90 bits per heavy atom. The number of aromatic nitrogens is 2. The Morgan fingerprint density at radius 1 is 1.14 bits per heavy atom. The number of benzene rings is 2. The molecule has 2 heterocycles. The highest BCUT2D eigenvalue weighted by atomic mass is 35.5. The first-order valence-corrected chi connectivity index (χ1v) is 11.8. The summed E-state index contributed by atoms with van der Waals surface area (Å²) in [5, 5.41) is 0.336.